The zero-order valence-corrected chi connectivity index (χ0v) is 18.0. The van der Waals surface area contributed by atoms with Crippen molar-refractivity contribution in [3.05, 3.63) is 60.2 Å². The number of amides is 2. The fraction of sp³-hybridized carbons (Fsp3) is 0.273. The molecule has 0 bridgehead atoms. The minimum Gasteiger partial charge on any atom is -0.366 e. The molecule has 0 aromatic heterocycles. The van der Waals surface area contributed by atoms with E-state index < -0.39 is 15.9 Å². The van der Waals surface area contributed by atoms with Gasteiger partial charge in [-0.3, -0.25) is 9.59 Å². The average molecular weight is 441 g/mol. The number of carbonyl (C=O) groups is 2. The molecule has 2 aromatic rings. The standard InChI is InChI=1S/C22H24N4O4S/c1-24-12-13-25(15-21(24)27)19-6-2-16(3-7-19)17-4-8-20(9-5-17)31(29,30)26-11-10-18(14-26)22(23)28/h2-10H,11-15H2,1H3,(H2,23,28). The molecular formula is C22H24N4O4S. The van der Waals surface area contributed by atoms with Gasteiger partial charge in [-0.2, -0.15) is 4.31 Å². The van der Waals surface area contributed by atoms with Gasteiger partial charge in [0, 0.05) is 44.5 Å². The maximum atomic E-state index is 12.8. The van der Waals surface area contributed by atoms with Crippen molar-refractivity contribution in [3.63, 3.8) is 0 Å². The van der Waals surface area contributed by atoms with E-state index in [1.54, 1.807) is 35.2 Å². The number of hydrogen-bond acceptors (Lipinski definition) is 5. The van der Waals surface area contributed by atoms with Gasteiger partial charge >= 0.3 is 0 Å². The van der Waals surface area contributed by atoms with E-state index in [4.69, 9.17) is 5.73 Å². The number of likely N-dealkylation sites (N-methyl/N-ethyl adjacent to an activating group) is 1. The Labute approximate surface area is 181 Å². The molecule has 0 atom stereocenters. The molecule has 0 unspecified atom stereocenters. The third-order valence-electron chi connectivity index (χ3n) is 5.72. The van der Waals surface area contributed by atoms with Crippen LogP contribution in [0.4, 0.5) is 5.69 Å². The van der Waals surface area contributed by atoms with Crippen molar-refractivity contribution in [2.24, 2.45) is 5.73 Å². The third kappa shape index (κ3) is 4.19. The van der Waals surface area contributed by atoms with Crippen LogP contribution in [0, 0.1) is 0 Å². The second kappa shape index (κ2) is 8.16. The van der Waals surface area contributed by atoms with Crippen LogP contribution in [0.1, 0.15) is 0 Å². The van der Waals surface area contributed by atoms with Gasteiger partial charge in [-0.25, -0.2) is 8.42 Å². The second-order valence-corrected chi connectivity index (χ2v) is 9.64. The van der Waals surface area contributed by atoms with Crippen LogP contribution in [0.15, 0.2) is 65.1 Å². The molecule has 8 nitrogen and oxygen atoms in total. The lowest BCUT2D eigenvalue weighted by atomic mass is 10.1. The normalized spacial score (nSPS) is 17.7. The minimum absolute atomic E-state index is 0.00429. The maximum absolute atomic E-state index is 12.8. The van der Waals surface area contributed by atoms with Crippen molar-refractivity contribution < 1.29 is 18.0 Å². The molecule has 0 radical (unpaired) electrons. The summed E-state index contributed by atoms with van der Waals surface area (Å²) in [6.45, 7) is 1.99. The maximum Gasteiger partial charge on any atom is 0.245 e. The van der Waals surface area contributed by atoms with Crippen molar-refractivity contribution >= 4 is 27.5 Å². The molecule has 9 heteroatoms. The van der Waals surface area contributed by atoms with Crippen LogP contribution in [0.3, 0.4) is 0 Å². The Morgan fingerprint density at radius 1 is 0.935 bits per heavy atom. The molecule has 2 aliphatic heterocycles. The van der Waals surface area contributed by atoms with Gasteiger partial charge < -0.3 is 15.5 Å². The van der Waals surface area contributed by atoms with E-state index >= 15 is 0 Å². The zero-order valence-electron chi connectivity index (χ0n) is 17.2. The molecule has 2 heterocycles. The summed E-state index contributed by atoms with van der Waals surface area (Å²) >= 11 is 0. The summed E-state index contributed by atoms with van der Waals surface area (Å²) in [4.78, 5) is 27.2. The predicted octanol–water partition coefficient (Wildman–Crippen LogP) is 1.05. The molecule has 2 aliphatic rings. The number of primary amides is 1. The van der Waals surface area contributed by atoms with E-state index in [1.807, 2.05) is 36.2 Å². The summed E-state index contributed by atoms with van der Waals surface area (Å²) in [6.07, 6.45) is 1.55. The fourth-order valence-electron chi connectivity index (χ4n) is 3.70. The lowest BCUT2D eigenvalue weighted by Gasteiger charge is -2.33. The molecule has 0 spiro atoms. The summed E-state index contributed by atoms with van der Waals surface area (Å²) in [6, 6.07) is 14.5. The lowest BCUT2D eigenvalue weighted by molar-refractivity contribution is -0.129. The number of anilines is 1. The highest BCUT2D eigenvalue weighted by Gasteiger charge is 2.29. The number of carbonyl (C=O) groups excluding carboxylic acids is 2. The molecule has 2 aromatic carbocycles. The Balaban J connectivity index is 1.47. The fourth-order valence-corrected chi connectivity index (χ4v) is 5.06. The SMILES string of the molecule is CN1CCN(c2ccc(-c3ccc(S(=O)(=O)N4CC=C(C(N)=O)C4)cc3)cc2)CC1=O. The topological polar surface area (TPSA) is 104 Å². The number of nitrogens with zero attached hydrogens (tertiary/aromatic N) is 3. The van der Waals surface area contributed by atoms with Gasteiger partial charge in [0.1, 0.15) is 0 Å². The van der Waals surface area contributed by atoms with Crippen LogP contribution in [0.5, 0.6) is 0 Å². The number of hydrogen-bond donors (Lipinski definition) is 1. The first-order valence-electron chi connectivity index (χ1n) is 9.94. The van der Waals surface area contributed by atoms with Crippen LogP contribution in [-0.2, 0) is 19.6 Å². The lowest BCUT2D eigenvalue weighted by Crippen LogP contribution is -2.48. The number of rotatable bonds is 5. The molecule has 4 rings (SSSR count). The summed E-state index contributed by atoms with van der Waals surface area (Å²) in [7, 11) is -1.90. The van der Waals surface area contributed by atoms with Gasteiger partial charge in [0.2, 0.25) is 21.8 Å². The number of piperazine rings is 1. The molecule has 0 aliphatic carbocycles. The molecule has 2 N–H and O–H groups in total. The van der Waals surface area contributed by atoms with Crippen LogP contribution in [-0.4, -0.2) is 69.2 Å². The molecule has 31 heavy (non-hydrogen) atoms. The number of sulfonamides is 1. The quantitative estimate of drug-likeness (QED) is 0.748. The van der Waals surface area contributed by atoms with Gasteiger partial charge in [0.05, 0.1) is 11.4 Å². The first-order chi connectivity index (χ1) is 14.8. The van der Waals surface area contributed by atoms with E-state index in [1.165, 1.54) is 4.31 Å². The second-order valence-electron chi connectivity index (χ2n) is 7.70. The van der Waals surface area contributed by atoms with Gasteiger partial charge in [-0.15, -0.1) is 0 Å². The Hall–Kier alpha value is -3.17. The van der Waals surface area contributed by atoms with Gasteiger partial charge in [0.15, 0.2) is 0 Å². The Morgan fingerprint density at radius 2 is 1.55 bits per heavy atom. The summed E-state index contributed by atoms with van der Waals surface area (Å²) < 4.78 is 26.9. The monoisotopic (exact) mass is 440 g/mol. The minimum atomic E-state index is -3.70. The first-order valence-corrected chi connectivity index (χ1v) is 11.4. The van der Waals surface area contributed by atoms with Crippen LogP contribution in [0.25, 0.3) is 11.1 Å². The van der Waals surface area contributed by atoms with Gasteiger partial charge in [0.25, 0.3) is 0 Å². The first kappa shape index (κ1) is 21.1. The third-order valence-corrected chi connectivity index (χ3v) is 7.55. The van der Waals surface area contributed by atoms with Crippen molar-refractivity contribution in [1.29, 1.82) is 0 Å². The smallest absolute Gasteiger partial charge is 0.245 e. The summed E-state index contributed by atoms with van der Waals surface area (Å²) in [5.41, 5.74) is 8.37. The van der Waals surface area contributed by atoms with Gasteiger partial charge in [-0.05, 0) is 35.4 Å². The highest BCUT2D eigenvalue weighted by molar-refractivity contribution is 7.89. The molecule has 0 saturated carbocycles. The van der Waals surface area contributed by atoms with E-state index in [0.29, 0.717) is 18.7 Å². The van der Waals surface area contributed by atoms with E-state index in [0.717, 1.165) is 23.4 Å². The molecule has 2 amide bonds. The van der Waals surface area contributed by atoms with E-state index in [-0.39, 0.29) is 23.9 Å². The summed E-state index contributed by atoms with van der Waals surface area (Å²) in [5.74, 6) is -0.499. The largest absolute Gasteiger partial charge is 0.366 e. The predicted molar refractivity (Wildman–Crippen MR) is 118 cm³/mol. The van der Waals surface area contributed by atoms with Crippen LogP contribution in [0.2, 0.25) is 0 Å². The highest BCUT2D eigenvalue weighted by Crippen LogP contribution is 2.27. The molecule has 1 saturated heterocycles. The van der Waals surface area contributed by atoms with Crippen molar-refractivity contribution in [2.45, 2.75) is 4.90 Å². The van der Waals surface area contributed by atoms with Crippen LogP contribution >= 0.6 is 0 Å². The van der Waals surface area contributed by atoms with Crippen molar-refractivity contribution in [1.82, 2.24) is 9.21 Å². The number of nitrogens with two attached hydrogens (primary N) is 1. The van der Waals surface area contributed by atoms with E-state index in [2.05, 4.69) is 0 Å². The Morgan fingerprint density at radius 3 is 2.10 bits per heavy atom. The molecular weight excluding hydrogens is 416 g/mol. The number of benzene rings is 2. The highest BCUT2D eigenvalue weighted by atomic mass is 32.2. The Kier molecular flexibility index (Phi) is 5.55. The van der Waals surface area contributed by atoms with Crippen LogP contribution < -0.4 is 10.6 Å². The molecule has 1 fully saturated rings. The average Bonchev–Trinajstić information content (AvgIpc) is 3.28. The van der Waals surface area contributed by atoms with Crippen molar-refractivity contribution in [2.75, 3.05) is 44.7 Å². The molecule has 162 valence electrons. The zero-order chi connectivity index (χ0) is 22.2. The Bertz CT molecular complexity index is 1140. The van der Waals surface area contributed by atoms with Crippen molar-refractivity contribution in [3.8, 4) is 11.1 Å². The van der Waals surface area contributed by atoms with Gasteiger partial charge in [-0.1, -0.05) is 30.3 Å². The summed E-state index contributed by atoms with van der Waals surface area (Å²) in [5, 5.41) is 0. The van der Waals surface area contributed by atoms with E-state index in [9.17, 15) is 18.0 Å².